The van der Waals surface area contributed by atoms with Gasteiger partial charge in [0.2, 0.25) is 0 Å². The highest BCUT2D eigenvalue weighted by Crippen LogP contribution is 2.41. The van der Waals surface area contributed by atoms with Gasteiger partial charge in [-0.2, -0.15) is 0 Å². The van der Waals surface area contributed by atoms with E-state index in [0.29, 0.717) is 10.6 Å². The Morgan fingerprint density at radius 1 is 0.941 bits per heavy atom. The zero-order valence-electron chi connectivity index (χ0n) is 19.1. The van der Waals surface area contributed by atoms with Crippen molar-refractivity contribution in [2.45, 2.75) is 20.3 Å². The number of aryl methyl sites for hydroxylation is 2. The molecule has 168 valence electrons. The Kier molecular flexibility index (Phi) is 5.86. The van der Waals surface area contributed by atoms with Crippen LogP contribution in [0.1, 0.15) is 27.7 Å². The molecule has 1 amide bonds. The Hall–Kier alpha value is -3.96. The fraction of sp³-hybridized carbons (Fsp3) is 0.103. The molecule has 5 rings (SSSR count). The van der Waals surface area contributed by atoms with Crippen LogP contribution < -0.4 is 11.1 Å². The average molecular weight is 464 g/mol. The number of rotatable bonds is 5. The summed E-state index contributed by atoms with van der Waals surface area (Å²) in [6.45, 7) is 4.17. The number of pyridine rings is 1. The molecule has 34 heavy (non-hydrogen) atoms. The van der Waals surface area contributed by atoms with E-state index in [1.807, 2.05) is 54.6 Å². The highest BCUT2D eigenvalue weighted by atomic mass is 32.1. The molecule has 2 aromatic heterocycles. The van der Waals surface area contributed by atoms with Gasteiger partial charge in [-0.1, -0.05) is 79.2 Å². The first-order chi connectivity index (χ1) is 16.5. The van der Waals surface area contributed by atoms with E-state index in [9.17, 15) is 4.79 Å². The molecule has 0 fully saturated rings. The Balaban J connectivity index is 1.63. The van der Waals surface area contributed by atoms with Crippen molar-refractivity contribution in [3.05, 3.63) is 101 Å². The maximum atomic E-state index is 13.2. The van der Waals surface area contributed by atoms with Gasteiger partial charge < -0.3 is 11.1 Å². The van der Waals surface area contributed by atoms with Crippen LogP contribution >= 0.6 is 11.3 Å². The van der Waals surface area contributed by atoms with E-state index in [-0.39, 0.29) is 5.91 Å². The molecular formula is C29H25N3OS. The molecule has 0 spiro atoms. The Labute approximate surface area is 203 Å². The third-order valence-electron chi connectivity index (χ3n) is 5.96. The smallest absolute Gasteiger partial charge is 0.267 e. The van der Waals surface area contributed by atoms with E-state index in [4.69, 9.17) is 10.7 Å². The van der Waals surface area contributed by atoms with Gasteiger partial charge in [0, 0.05) is 16.6 Å². The number of anilines is 2. The number of carbonyl (C=O) groups excluding carboxylic acids is 1. The van der Waals surface area contributed by atoms with Crippen molar-refractivity contribution in [1.29, 1.82) is 0 Å². The van der Waals surface area contributed by atoms with Gasteiger partial charge in [0.15, 0.2) is 0 Å². The van der Waals surface area contributed by atoms with E-state index < -0.39 is 0 Å². The number of nitrogen functional groups attached to an aromatic ring is 1. The Morgan fingerprint density at radius 2 is 1.65 bits per heavy atom. The van der Waals surface area contributed by atoms with Crippen LogP contribution in [-0.4, -0.2) is 10.9 Å². The van der Waals surface area contributed by atoms with Crippen molar-refractivity contribution >= 4 is 38.8 Å². The molecule has 3 aromatic carbocycles. The van der Waals surface area contributed by atoms with E-state index in [1.54, 1.807) is 0 Å². The number of fused-ring (bicyclic) bond motifs is 1. The molecule has 3 N–H and O–H groups in total. The van der Waals surface area contributed by atoms with Gasteiger partial charge in [-0.05, 0) is 48.2 Å². The number of nitrogens with two attached hydrogens (primary N) is 1. The zero-order chi connectivity index (χ0) is 23.7. The van der Waals surface area contributed by atoms with E-state index in [0.717, 1.165) is 44.7 Å². The first-order valence-electron chi connectivity index (χ1n) is 11.3. The maximum Gasteiger partial charge on any atom is 0.267 e. The van der Waals surface area contributed by atoms with E-state index in [2.05, 4.69) is 49.5 Å². The second-order valence-electron chi connectivity index (χ2n) is 8.32. The zero-order valence-corrected chi connectivity index (χ0v) is 19.9. The Bertz CT molecular complexity index is 1470. The minimum atomic E-state index is -0.221. The number of benzene rings is 3. The average Bonchev–Trinajstić information content (AvgIpc) is 3.21. The molecule has 0 bridgehead atoms. The third kappa shape index (κ3) is 4.18. The van der Waals surface area contributed by atoms with Crippen molar-refractivity contribution in [3.8, 4) is 22.4 Å². The lowest BCUT2D eigenvalue weighted by atomic mass is 9.99. The van der Waals surface area contributed by atoms with Gasteiger partial charge in [0.25, 0.3) is 5.91 Å². The topological polar surface area (TPSA) is 68.0 Å². The maximum absolute atomic E-state index is 13.2. The van der Waals surface area contributed by atoms with Crippen LogP contribution in [0.4, 0.5) is 11.4 Å². The fourth-order valence-corrected chi connectivity index (χ4v) is 5.03. The summed E-state index contributed by atoms with van der Waals surface area (Å²) in [5, 5.41) is 3.81. The number of aromatic nitrogens is 1. The predicted molar refractivity (Wildman–Crippen MR) is 143 cm³/mol. The lowest BCUT2D eigenvalue weighted by molar-refractivity contribution is 0.103. The van der Waals surface area contributed by atoms with Crippen molar-refractivity contribution in [3.63, 3.8) is 0 Å². The summed E-state index contributed by atoms with van der Waals surface area (Å²) in [4.78, 5) is 19.3. The van der Waals surface area contributed by atoms with Crippen molar-refractivity contribution in [2.75, 3.05) is 11.1 Å². The van der Waals surface area contributed by atoms with Crippen molar-refractivity contribution in [2.24, 2.45) is 0 Å². The van der Waals surface area contributed by atoms with Crippen LogP contribution in [0.3, 0.4) is 0 Å². The number of thiophene rings is 1. The summed E-state index contributed by atoms with van der Waals surface area (Å²) in [6, 6.07) is 28.4. The minimum Gasteiger partial charge on any atom is -0.397 e. The summed E-state index contributed by atoms with van der Waals surface area (Å²) in [5.41, 5.74) is 14.1. The number of amides is 1. The molecular weight excluding hydrogens is 438 g/mol. The normalized spacial score (nSPS) is 11.0. The van der Waals surface area contributed by atoms with E-state index >= 15 is 0 Å². The van der Waals surface area contributed by atoms with Crippen LogP contribution in [0.5, 0.6) is 0 Å². The van der Waals surface area contributed by atoms with Crippen LogP contribution in [0.2, 0.25) is 0 Å². The Morgan fingerprint density at radius 3 is 2.32 bits per heavy atom. The SMILES string of the molecule is CCc1ccc(NC(=O)c2sc3nc(-c4ccccc4)cc(-c4ccc(C)cc4)c3c2N)cc1. The standard InChI is InChI=1S/C29H25N3OS/c1-3-19-11-15-22(16-12-19)31-28(33)27-26(30)25-23(20-13-9-18(2)10-14-20)17-24(32-29(25)34-27)21-7-5-4-6-8-21/h4-17H,3,30H2,1-2H3,(H,31,33). The summed E-state index contributed by atoms with van der Waals surface area (Å²) >= 11 is 1.33. The molecule has 0 aliphatic heterocycles. The first-order valence-corrected chi connectivity index (χ1v) is 12.1. The lowest BCUT2D eigenvalue weighted by Gasteiger charge is -2.09. The molecule has 2 heterocycles. The lowest BCUT2D eigenvalue weighted by Crippen LogP contribution is -2.11. The number of nitrogens with one attached hydrogen (secondary N) is 1. The summed E-state index contributed by atoms with van der Waals surface area (Å²) < 4.78 is 0. The predicted octanol–water partition coefficient (Wildman–Crippen LogP) is 7.34. The molecule has 0 saturated carbocycles. The number of nitrogens with zero attached hydrogens (tertiary/aromatic N) is 1. The number of hydrogen-bond acceptors (Lipinski definition) is 4. The molecule has 5 aromatic rings. The summed E-state index contributed by atoms with van der Waals surface area (Å²) in [7, 11) is 0. The highest BCUT2D eigenvalue weighted by Gasteiger charge is 2.22. The molecule has 4 nitrogen and oxygen atoms in total. The highest BCUT2D eigenvalue weighted by molar-refractivity contribution is 7.21. The number of carbonyl (C=O) groups is 1. The first kappa shape index (κ1) is 21.9. The molecule has 5 heteroatoms. The molecule has 0 saturated heterocycles. The minimum absolute atomic E-state index is 0.221. The molecule has 0 aliphatic carbocycles. The van der Waals surface area contributed by atoms with Crippen molar-refractivity contribution < 1.29 is 4.79 Å². The molecule has 0 radical (unpaired) electrons. The molecule has 0 unspecified atom stereocenters. The van der Waals surface area contributed by atoms with Crippen LogP contribution in [0.15, 0.2) is 84.9 Å². The van der Waals surface area contributed by atoms with Gasteiger partial charge in [-0.25, -0.2) is 4.98 Å². The summed E-state index contributed by atoms with van der Waals surface area (Å²) in [5.74, 6) is -0.221. The van der Waals surface area contributed by atoms with Crippen LogP contribution in [-0.2, 0) is 6.42 Å². The summed E-state index contributed by atoms with van der Waals surface area (Å²) in [6.07, 6.45) is 0.953. The van der Waals surface area contributed by atoms with Gasteiger partial charge >= 0.3 is 0 Å². The molecule has 0 atom stereocenters. The monoisotopic (exact) mass is 463 g/mol. The van der Waals surface area contributed by atoms with Gasteiger partial charge in [0.1, 0.15) is 9.71 Å². The van der Waals surface area contributed by atoms with Gasteiger partial charge in [0.05, 0.1) is 11.4 Å². The third-order valence-corrected chi connectivity index (χ3v) is 7.06. The van der Waals surface area contributed by atoms with Gasteiger partial charge in [-0.3, -0.25) is 4.79 Å². The van der Waals surface area contributed by atoms with E-state index in [1.165, 1.54) is 22.5 Å². The fourth-order valence-electron chi connectivity index (χ4n) is 4.02. The second kappa shape index (κ2) is 9.12. The number of hydrogen-bond donors (Lipinski definition) is 2. The molecule has 0 aliphatic rings. The van der Waals surface area contributed by atoms with Crippen LogP contribution in [0, 0.1) is 6.92 Å². The van der Waals surface area contributed by atoms with Crippen LogP contribution in [0.25, 0.3) is 32.6 Å². The second-order valence-corrected chi connectivity index (χ2v) is 9.32. The van der Waals surface area contributed by atoms with Crippen molar-refractivity contribution in [1.82, 2.24) is 4.98 Å². The largest absolute Gasteiger partial charge is 0.397 e. The quantitative estimate of drug-likeness (QED) is 0.287. The van der Waals surface area contributed by atoms with Gasteiger partial charge in [-0.15, -0.1) is 11.3 Å².